The van der Waals surface area contributed by atoms with Crippen LogP contribution in [0.3, 0.4) is 0 Å². The number of carbonyl (C=O) groups excluding carboxylic acids is 2. The number of unbranched alkanes of at least 4 members (excludes halogenated alkanes) is 2. The van der Waals surface area contributed by atoms with E-state index in [0.29, 0.717) is 24.5 Å². The average Bonchev–Trinajstić information content (AvgIpc) is 3.64. The van der Waals surface area contributed by atoms with E-state index in [1.54, 1.807) is 43.5 Å². The Hall–Kier alpha value is -4.21. The van der Waals surface area contributed by atoms with Crippen molar-refractivity contribution in [2.24, 2.45) is 0 Å². The van der Waals surface area contributed by atoms with Gasteiger partial charge >= 0.3 is 0 Å². The molecule has 0 aliphatic carbocycles. The normalized spacial score (nSPS) is 12.7. The lowest BCUT2D eigenvalue weighted by Gasteiger charge is -2.20. The van der Waals surface area contributed by atoms with Crippen molar-refractivity contribution in [1.82, 2.24) is 35.4 Å². The maximum atomic E-state index is 13.1. The number of benzene rings is 1. The Labute approximate surface area is 215 Å². The summed E-state index contributed by atoms with van der Waals surface area (Å²) in [6, 6.07) is 10.9. The highest BCUT2D eigenvalue weighted by Gasteiger charge is 2.23. The lowest BCUT2D eigenvalue weighted by atomic mass is 10.1. The molecule has 2 unspecified atom stereocenters. The highest BCUT2D eigenvalue weighted by molar-refractivity contribution is 5.85. The number of hydrogen-bond acceptors (Lipinski definition) is 6. The summed E-state index contributed by atoms with van der Waals surface area (Å²) >= 11 is 0. The predicted molar refractivity (Wildman–Crippen MR) is 141 cm³/mol. The number of para-hydroxylation sites is 1. The highest BCUT2D eigenvalue weighted by atomic mass is 16.5. The molecule has 0 fully saturated rings. The van der Waals surface area contributed by atoms with Gasteiger partial charge in [0.15, 0.2) is 0 Å². The summed E-state index contributed by atoms with van der Waals surface area (Å²) in [5.74, 6) is 1.03. The van der Waals surface area contributed by atoms with Crippen LogP contribution >= 0.6 is 0 Å². The van der Waals surface area contributed by atoms with Crippen molar-refractivity contribution in [3.8, 4) is 17.1 Å². The van der Waals surface area contributed by atoms with E-state index in [1.165, 1.54) is 0 Å². The third kappa shape index (κ3) is 6.32. The molecule has 37 heavy (non-hydrogen) atoms. The smallest absolute Gasteiger partial charge is 0.245 e. The van der Waals surface area contributed by atoms with Gasteiger partial charge in [0.1, 0.15) is 11.9 Å². The van der Waals surface area contributed by atoms with Gasteiger partial charge in [0.05, 0.1) is 36.1 Å². The summed E-state index contributed by atoms with van der Waals surface area (Å²) in [6.07, 6.45) is 8.80. The first-order chi connectivity index (χ1) is 18.0. The van der Waals surface area contributed by atoms with Crippen LogP contribution in [0.5, 0.6) is 5.88 Å². The van der Waals surface area contributed by atoms with Crippen LogP contribution in [0, 0.1) is 0 Å². The zero-order chi connectivity index (χ0) is 26.2. The molecule has 3 aromatic heterocycles. The van der Waals surface area contributed by atoms with Gasteiger partial charge in [-0.05, 0) is 38.0 Å². The Kier molecular flexibility index (Phi) is 8.50. The number of pyridine rings is 1. The molecule has 0 aliphatic rings. The fourth-order valence-corrected chi connectivity index (χ4v) is 4.23. The third-order valence-electron chi connectivity index (χ3n) is 6.39. The number of rotatable bonds is 12. The fraction of sp³-hybridized carbons (Fsp3) is 0.370. The third-order valence-corrected chi connectivity index (χ3v) is 6.39. The Morgan fingerprint density at radius 2 is 2.00 bits per heavy atom. The molecule has 4 aromatic rings. The van der Waals surface area contributed by atoms with Gasteiger partial charge in [-0.25, -0.2) is 9.97 Å². The Morgan fingerprint density at radius 1 is 1.16 bits per heavy atom. The number of hydrogen-bond donors (Lipinski definition) is 3. The maximum Gasteiger partial charge on any atom is 0.245 e. The van der Waals surface area contributed by atoms with Gasteiger partial charge in [-0.3, -0.25) is 14.3 Å². The zero-order valence-corrected chi connectivity index (χ0v) is 21.4. The topological polar surface area (TPSA) is 127 Å². The summed E-state index contributed by atoms with van der Waals surface area (Å²) < 4.78 is 7.18. The lowest BCUT2D eigenvalue weighted by Crippen LogP contribution is -2.35. The predicted octanol–water partition coefficient (Wildman–Crippen LogP) is 3.95. The Bertz CT molecular complexity index is 1330. The van der Waals surface area contributed by atoms with Gasteiger partial charge in [0.2, 0.25) is 17.7 Å². The largest absolute Gasteiger partial charge is 0.480 e. The fourth-order valence-electron chi connectivity index (χ4n) is 4.23. The van der Waals surface area contributed by atoms with Gasteiger partial charge < -0.3 is 20.4 Å². The number of methoxy groups -OCH3 is 1. The first kappa shape index (κ1) is 25.9. The summed E-state index contributed by atoms with van der Waals surface area (Å²) in [5.41, 5.74) is 2.39. The van der Waals surface area contributed by atoms with Crippen molar-refractivity contribution in [3.63, 3.8) is 0 Å². The maximum absolute atomic E-state index is 13.1. The molecule has 2 atom stereocenters. The van der Waals surface area contributed by atoms with Gasteiger partial charge in [0, 0.05) is 31.2 Å². The molecule has 1 aromatic carbocycles. The van der Waals surface area contributed by atoms with E-state index in [9.17, 15) is 9.59 Å². The quantitative estimate of drug-likeness (QED) is 0.251. The molecule has 0 saturated heterocycles. The van der Waals surface area contributed by atoms with Crippen molar-refractivity contribution in [2.75, 3.05) is 14.2 Å². The SMILES string of the molecule is CNC(=O)CCCCCC(NC(=O)C(C)n1cccn1)c1ncc(-c2cc3ccccc3nc2OC)[nH]1. The van der Waals surface area contributed by atoms with Gasteiger partial charge in [0.25, 0.3) is 0 Å². The van der Waals surface area contributed by atoms with Crippen molar-refractivity contribution in [3.05, 3.63) is 60.8 Å². The number of H-pyrrole nitrogens is 1. The molecular formula is C27H33N7O3. The van der Waals surface area contributed by atoms with Crippen LogP contribution in [0.25, 0.3) is 22.2 Å². The summed E-state index contributed by atoms with van der Waals surface area (Å²) in [5, 5.41) is 11.0. The van der Waals surface area contributed by atoms with Gasteiger partial charge in [-0.15, -0.1) is 0 Å². The minimum absolute atomic E-state index is 0.0338. The van der Waals surface area contributed by atoms with Crippen LogP contribution in [0.2, 0.25) is 0 Å². The van der Waals surface area contributed by atoms with E-state index >= 15 is 0 Å². The molecule has 0 spiro atoms. The molecule has 0 bridgehead atoms. The lowest BCUT2D eigenvalue weighted by molar-refractivity contribution is -0.125. The number of aromatic nitrogens is 5. The molecule has 2 amide bonds. The number of amides is 2. The number of ether oxygens (including phenoxy) is 1. The number of nitrogens with one attached hydrogen (secondary N) is 3. The van der Waals surface area contributed by atoms with E-state index in [2.05, 4.69) is 30.7 Å². The summed E-state index contributed by atoms with van der Waals surface area (Å²) in [7, 11) is 3.24. The van der Waals surface area contributed by atoms with Crippen LogP contribution in [0.15, 0.2) is 55.0 Å². The second-order valence-electron chi connectivity index (χ2n) is 8.92. The van der Waals surface area contributed by atoms with E-state index in [0.717, 1.165) is 41.4 Å². The molecule has 0 aliphatic heterocycles. The van der Waals surface area contributed by atoms with Gasteiger partial charge in [-0.1, -0.05) is 31.0 Å². The Balaban J connectivity index is 1.54. The van der Waals surface area contributed by atoms with Crippen molar-refractivity contribution < 1.29 is 14.3 Å². The first-order valence-corrected chi connectivity index (χ1v) is 12.5. The highest BCUT2D eigenvalue weighted by Crippen LogP contribution is 2.31. The van der Waals surface area contributed by atoms with Crippen LogP contribution in [-0.2, 0) is 9.59 Å². The zero-order valence-electron chi connectivity index (χ0n) is 21.4. The molecule has 0 saturated carbocycles. The molecule has 194 valence electrons. The van der Waals surface area contributed by atoms with E-state index in [4.69, 9.17) is 4.74 Å². The molecule has 4 rings (SSSR count). The Morgan fingerprint density at radius 3 is 2.76 bits per heavy atom. The van der Waals surface area contributed by atoms with Crippen LogP contribution in [0.1, 0.15) is 56.9 Å². The van der Waals surface area contributed by atoms with Crippen molar-refractivity contribution in [2.45, 2.75) is 51.1 Å². The number of aromatic amines is 1. The van der Waals surface area contributed by atoms with Crippen LogP contribution < -0.4 is 15.4 Å². The molecular weight excluding hydrogens is 470 g/mol. The number of carbonyl (C=O) groups is 2. The molecule has 3 N–H and O–H groups in total. The average molecular weight is 504 g/mol. The first-order valence-electron chi connectivity index (χ1n) is 12.5. The number of imidazole rings is 1. The van der Waals surface area contributed by atoms with Gasteiger partial charge in [-0.2, -0.15) is 5.10 Å². The second kappa shape index (κ2) is 12.2. The second-order valence-corrected chi connectivity index (χ2v) is 8.92. The summed E-state index contributed by atoms with van der Waals surface area (Å²) in [6.45, 7) is 1.81. The van der Waals surface area contributed by atoms with Crippen molar-refractivity contribution >= 4 is 22.7 Å². The minimum atomic E-state index is -0.468. The number of fused-ring (bicyclic) bond motifs is 1. The van der Waals surface area contributed by atoms with Crippen LogP contribution in [-0.4, -0.2) is 50.7 Å². The number of nitrogens with zero attached hydrogens (tertiary/aromatic N) is 4. The van der Waals surface area contributed by atoms with E-state index < -0.39 is 6.04 Å². The standard InChI is InChI=1S/C27H33N7O3/c1-18(34-15-9-14-30-34)26(36)32-22(12-5-4-6-13-24(35)28-2)25-29-17-23(31-25)20-16-19-10-7-8-11-21(19)33-27(20)37-3/h7-11,14-18,22H,4-6,12-13H2,1-3H3,(H,28,35)(H,29,31)(H,32,36). The monoisotopic (exact) mass is 503 g/mol. The van der Waals surface area contributed by atoms with E-state index in [-0.39, 0.29) is 17.9 Å². The van der Waals surface area contributed by atoms with E-state index in [1.807, 2.05) is 37.3 Å². The molecule has 0 radical (unpaired) electrons. The summed E-state index contributed by atoms with van der Waals surface area (Å²) in [4.78, 5) is 37.2. The minimum Gasteiger partial charge on any atom is -0.480 e. The molecule has 3 heterocycles. The molecule has 10 nitrogen and oxygen atoms in total. The van der Waals surface area contributed by atoms with Crippen LogP contribution in [0.4, 0.5) is 0 Å². The van der Waals surface area contributed by atoms with Crippen molar-refractivity contribution in [1.29, 1.82) is 0 Å². The molecule has 10 heteroatoms.